The number of nitrogens with zero attached hydrogens (tertiary/aromatic N) is 4. The largest absolute Gasteiger partial charge is 0.369 e. The van der Waals surface area contributed by atoms with Gasteiger partial charge in [-0.25, -0.2) is 4.68 Å². The molecule has 1 amide bonds. The molecule has 0 aliphatic carbocycles. The summed E-state index contributed by atoms with van der Waals surface area (Å²) in [4.78, 5) is 12.9. The molecule has 136 valence electrons. The lowest BCUT2D eigenvalue weighted by molar-refractivity contribution is -0.938. The average Bonchev–Trinajstić information content (AvgIpc) is 3.06. The quantitative estimate of drug-likeness (QED) is 0.735. The molecule has 0 unspecified atom stereocenters. The van der Waals surface area contributed by atoms with Crippen LogP contribution in [0.15, 0.2) is 0 Å². The number of quaternary nitrogens is 1. The molecule has 24 heavy (non-hydrogen) atoms. The maximum Gasteiger partial charge on any atom is 0.220 e. The molecular weight excluding hydrogens is 304 g/mol. The van der Waals surface area contributed by atoms with E-state index in [2.05, 4.69) is 43.2 Å². The second kappa shape index (κ2) is 8.05. The van der Waals surface area contributed by atoms with E-state index in [9.17, 15) is 4.79 Å². The smallest absolute Gasteiger partial charge is 0.220 e. The van der Waals surface area contributed by atoms with Crippen molar-refractivity contribution >= 4 is 5.91 Å². The van der Waals surface area contributed by atoms with E-state index in [1.165, 1.54) is 4.90 Å². The second-order valence-corrected chi connectivity index (χ2v) is 7.64. The first kappa shape index (κ1) is 18.8. The summed E-state index contributed by atoms with van der Waals surface area (Å²) in [6.07, 6.45) is 6.11. The Morgan fingerprint density at radius 3 is 2.58 bits per heavy atom. The molecule has 1 aromatic heterocycles. The molecule has 0 bridgehead atoms. The van der Waals surface area contributed by atoms with Crippen molar-refractivity contribution in [2.24, 2.45) is 11.7 Å². The summed E-state index contributed by atoms with van der Waals surface area (Å²) < 4.78 is 2.01. The minimum Gasteiger partial charge on any atom is -0.369 e. The van der Waals surface area contributed by atoms with Gasteiger partial charge < -0.3 is 10.6 Å². The number of rotatable bonds is 8. The van der Waals surface area contributed by atoms with Crippen LogP contribution in [0.25, 0.3) is 0 Å². The molecule has 1 fully saturated rings. The molecule has 1 aliphatic rings. The van der Waals surface area contributed by atoms with E-state index in [-0.39, 0.29) is 17.4 Å². The summed E-state index contributed by atoms with van der Waals surface area (Å²) in [7, 11) is 0. The first-order valence-corrected chi connectivity index (χ1v) is 9.33. The van der Waals surface area contributed by atoms with Crippen LogP contribution in [0.4, 0.5) is 0 Å². The Hall–Kier alpha value is -1.50. The molecule has 3 N–H and O–H groups in total. The number of carbonyl (C=O) groups excluding carboxylic acids is 1. The number of carbonyl (C=O) groups is 1. The average molecular weight is 337 g/mol. The molecule has 1 saturated heterocycles. The fourth-order valence-electron chi connectivity index (χ4n) is 3.54. The predicted octanol–water partition coefficient (Wildman–Crippen LogP) is 0.830. The summed E-state index contributed by atoms with van der Waals surface area (Å²) in [5.41, 5.74) is 5.39. The lowest BCUT2D eigenvalue weighted by atomic mass is 9.93. The van der Waals surface area contributed by atoms with Crippen LogP contribution in [-0.2, 0) is 10.3 Å². The maximum atomic E-state index is 11.4. The SMILES string of the molecule is CCCC[C@@H](c1nnnn1C(C)(C)CC)[NH+]1CCC(C(N)=O)CC1. The van der Waals surface area contributed by atoms with E-state index in [4.69, 9.17) is 5.73 Å². The van der Waals surface area contributed by atoms with Crippen molar-refractivity contribution in [1.82, 2.24) is 20.2 Å². The van der Waals surface area contributed by atoms with Crippen LogP contribution in [0.5, 0.6) is 0 Å². The molecule has 2 heterocycles. The van der Waals surface area contributed by atoms with E-state index < -0.39 is 0 Å². The van der Waals surface area contributed by atoms with E-state index in [1.54, 1.807) is 0 Å². The van der Waals surface area contributed by atoms with E-state index in [1.807, 2.05) is 4.68 Å². The molecule has 7 heteroatoms. The second-order valence-electron chi connectivity index (χ2n) is 7.64. The van der Waals surface area contributed by atoms with Crippen molar-refractivity contribution in [1.29, 1.82) is 0 Å². The van der Waals surface area contributed by atoms with Crippen LogP contribution in [0.3, 0.4) is 0 Å². The van der Waals surface area contributed by atoms with Gasteiger partial charge in [0.25, 0.3) is 0 Å². The fraction of sp³-hybridized carbons (Fsp3) is 0.882. The third kappa shape index (κ3) is 4.12. The number of nitrogens with two attached hydrogens (primary N) is 1. The molecule has 0 radical (unpaired) electrons. The maximum absolute atomic E-state index is 11.4. The Balaban J connectivity index is 2.21. The van der Waals surface area contributed by atoms with Crippen molar-refractivity contribution in [3.63, 3.8) is 0 Å². The molecule has 2 rings (SSSR count). The summed E-state index contributed by atoms with van der Waals surface area (Å²) in [6.45, 7) is 10.7. The van der Waals surface area contributed by atoms with Crippen molar-refractivity contribution in [2.75, 3.05) is 13.1 Å². The topological polar surface area (TPSA) is 91.1 Å². The Morgan fingerprint density at radius 1 is 1.38 bits per heavy atom. The van der Waals surface area contributed by atoms with Crippen LogP contribution >= 0.6 is 0 Å². The molecule has 1 aromatic rings. The highest BCUT2D eigenvalue weighted by Gasteiger charge is 2.36. The van der Waals surface area contributed by atoms with Gasteiger partial charge in [-0.2, -0.15) is 0 Å². The van der Waals surface area contributed by atoms with Gasteiger partial charge in [0.1, 0.15) is 6.04 Å². The first-order chi connectivity index (χ1) is 11.4. The van der Waals surface area contributed by atoms with Crippen molar-refractivity contribution < 1.29 is 9.69 Å². The minimum absolute atomic E-state index is 0.0312. The van der Waals surface area contributed by atoms with Crippen molar-refractivity contribution in [3.8, 4) is 0 Å². The number of tetrazole rings is 1. The zero-order valence-corrected chi connectivity index (χ0v) is 15.6. The number of hydrogen-bond acceptors (Lipinski definition) is 4. The van der Waals surface area contributed by atoms with Gasteiger partial charge in [-0.1, -0.05) is 20.3 Å². The molecule has 0 spiro atoms. The monoisotopic (exact) mass is 337 g/mol. The van der Waals surface area contributed by atoms with Gasteiger partial charge >= 0.3 is 0 Å². The van der Waals surface area contributed by atoms with Gasteiger partial charge in [0, 0.05) is 25.2 Å². The Morgan fingerprint density at radius 2 is 2.04 bits per heavy atom. The number of unbranched alkanes of at least 4 members (excludes halogenated alkanes) is 1. The lowest BCUT2D eigenvalue weighted by Crippen LogP contribution is -3.13. The summed E-state index contributed by atoms with van der Waals surface area (Å²) >= 11 is 0. The Labute approximate surface area is 145 Å². The number of likely N-dealkylation sites (tertiary alicyclic amines) is 1. The van der Waals surface area contributed by atoms with Gasteiger partial charge in [0.15, 0.2) is 0 Å². The number of primary amides is 1. The standard InChI is InChI=1S/C17H32N6O/c1-5-7-8-14(22-11-9-13(10-12-22)15(18)24)16-19-20-21-23(16)17(3,4)6-2/h13-14H,5-12H2,1-4H3,(H2,18,24)/p+1/t14-/m0/s1. The highest BCUT2D eigenvalue weighted by Crippen LogP contribution is 2.24. The normalized spacial score (nSPS) is 23.2. The van der Waals surface area contributed by atoms with Crippen LogP contribution in [0, 0.1) is 5.92 Å². The van der Waals surface area contributed by atoms with E-state index >= 15 is 0 Å². The first-order valence-electron chi connectivity index (χ1n) is 9.33. The molecular formula is C17H33N6O+. The molecule has 1 aliphatic heterocycles. The number of amides is 1. The minimum atomic E-state index is -0.156. The van der Waals surface area contributed by atoms with E-state index in [0.29, 0.717) is 6.04 Å². The fourth-order valence-corrected chi connectivity index (χ4v) is 3.54. The molecule has 0 saturated carbocycles. The third-order valence-electron chi connectivity index (χ3n) is 5.61. The zero-order valence-electron chi connectivity index (χ0n) is 15.6. The molecule has 1 atom stereocenters. The number of nitrogens with one attached hydrogen (secondary N) is 1. The van der Waals surface area contributed by atoms with Crippen molar-refractivity contribution in [2.45, 2.75) is 77.8 Å². The summed E-state index contributed by atoms with van der Waals surface area (Å²) in [6, 6.07) is 0.291. The van der Waals surface area contributed by atoms with Crippen LogP contribution < -0.4 is 10.6 Å². The predicted molar refractivity (Wildman–Crippen MR) is 92.3 cm³/mol. The van der Waals surface area contributed by atoms with Crippen LogP contribution in [0.1, 0.15) is 78.1 Å². The summed E-state index contributed by atoms with van der Waals surface area (Å²) in [5.74, 6) is 0.864. The number of hydrogen-bond donors (Lipinski definition) is 2. The molecule has 0 aromatic carbocycles. The van der Waals surface area contributed by atoms with Crippen LogP contribution in [-0.4, -0.2) is 39.2 Å². The molecule has 7 nitrogen and oxygen atoms in total. The highest BCUT2D eigenvalue weighted by molar-refractivity contribution is 5.76. The van der Waals surface area contributed by atoms with Crippen LogP contribution in [0.2, 0.25) is 0 Å². The van der Waals surface area contributed by atoms with Gasteiger partial charge in [-0.15, -0.1) is 5.10 Å². The number of piperidine rings is 1. The Bertz CT molecular complexity index is 533. The zero-order chi connectivity index (χ0) is 17.7. The van der Waals surface area contributed by atoms with Gasteiger partial charge in [0.2, 0.25) is 11.7 Å². The van der Waals surface area contributed by atoms with Gasteiger partial charge in [0.05, 0.1) is 18.6 Å². The number of aromatic nitrogens is 4. The van der Waals surface area contributed by atoms with Gasteiger partial charge in [-0.3, -0.25) is 4.79 Å². The third-order valence-corrected chi connectivity index (χ3v) is 5.61. The lowest BCUT2D eigenvalue weighted by Gasteiger charge is -2.34. The highest BCUT2D eigenvalue weighted by atomic mass is 16.1. The Kier molecular flexibility index (Phi) is 6.32. The summed E-state index contributed by atoms with van der Waals surface area (Å²) in [5, 5.41) is 12.7. The van der Waals surface area contributed by atoms with E-state index in [0.717, 1.165) is 57.4 Å². The van der Waals surface area contributed by atoms with Gasteiger partial charge in [-0.05, 0) is 37.1 Å². The van der Waals surface area contributed by atoms with Crippen molar-refractivity contribution in [3.05, 3.63) is 5.82 Å².